The molecule has 1 amide bonds. The molecule has 1 heterocycles. The van der Waals surface area contributed by atoms with Crippen LogP contribution < -0.4 is 19.5 Å². The first-order chi connectivity index (χ1) is 12.1. The zero-order valence-corrected chi connectivity index (χ0v) is 14.4. The second-order valence-corrected chi connectivity index (χ2v) is 5.09. The summed E-state index contributed by atoms with van der Waals surface area (Å²) in [7, 11) is 2.93. The number of hydrogen-bond donors (Lipinski definition) is 2. The van der Waals surface area contributed by atoms with Crippen LogP contribution in [0.5, 0.6) is 23.5 Å². The van der Waals surface area contributed by atoms with Gasteiger partial charge in [0.05, 0.1) is 38.5 Å². The molecule has 1 unspecified atom stereocenters. The number of carbonyl (C=O) groups is 1. The summed E-state index contributed by atoms with van der Waals surface area (Å²) in [6.07, 6.45) is 0.613. The van der Waals surface area contributed by atoms with Gasteiger partial charge in [-0.05, 0) is 18.6 Å². The number of methoxy groups -OCH3 is 2. The first-order valence-electron chi connectivity index (χ1n) is 7.76. The van der Waals surface area contributed by atoms with Crippen molar-refractivity contribution in [3.8, 4) is 23.5 Å². The lowest BCUT2D eigenvalue weighted by Crippen LogP contribution is -2.37. The average molecular weight is 347 g/mol. The highest BCUT2D eigenvalue weighted by molar-refractivity contribution is 5.97. The molecular weight excluding hydrogens is 326 g/mol. The van der Waals surface area contributed by atoms with Crippen molar-refractivity contribution >= 4 is 5.91 Å². The minimum Gasteiger partial charge on any atom is -0.481 e. The molecule has 25 heavy (non-hydrogen) atoms. The highest BCUT2D eigenvalue weighted by Crippen LogP contribution is 2.26. The number of nitrogens with zero attached hydrogens (tertiary/aromatic N) is 2. The highest BCUT2D eigenvalue weighted by Gasteiger charge is 2.17. The van der Waals surface area contributed by atoms with Crippen molar-refractivity contribution in [2.45, 2.75) is 19.4 Å². The predicted molar refractivity (Wildman–Crippen MR) is 90.3 cm³/mol. The quantitative estimate of drug-likeness (QED) is 0.750. The summed E-state index contributed by atoms with van der Waals surface area (Å²) in [4.78, 5) is 20.6. The first-order valence-corrected chi connectivity index (χ1v) is 7.76. The molecule has 2 N–H and O–H groups in total. The van der Waals surface area contributed by atoms with Gasteiger partial charge in [0.15, 0.2) is 0 Å². The van der Waals surface area contributed by atoms with Gasteiger partial charge >= 0.3 is 6.01 Å². The molecule has 0 radical (unpaired) electrons. The van der Waals surface area contributed by atoms with Crippen LogP contribution in [-0.4, -0.2) is 47.8 Å². The summed E-state index contributed by atoms with van der Waals surface area (Å²) in [5.74, 6) is 0.472. The molecule has 8 heteroatoms. The minimum atomic E-state index is -0.355. The lowest BCUT2D eigenvalue weighted by Gasteiger charge is -2.16. The highest BCUT2D eigenvalue weighted by atomic mass is 16.5. The number of amides is 1. The second kappa shape index (κ2) is 8.84. The molecule has 0 saturated heterocycles. The topological polar surface area (TPSA) is 103 Å². The van der Waals surface area contributed by atoms with Gasteiger partial charge in [-0.1, -0.05) is 19.1 Å². The molecule has 1 aromatic heterocycles. The molecule has 0 saturated carbocycles. The smallest absolute Gasteiger partial charge is 0.328 e. The van der Waals surface area contributed by atoms with E-state index in [2.05, 4.69) is 15.3 Å². The van der Waals surface area contributed by atoms with Crippen molar-refractivity contribution in [2.24, 2.45) is 0 Å². The van der Waals surface area contributed by atoms with E-state index in [0.717, 1.165) is 0 Å². The molecule has 1 atom stereocenters. The van der Waals surface area contributed by atoms with Gasteiger partial charge in [-0.2, -0.15) is 9.97 Å². The fraction of sp³-hybridized carbons (Fsp3) is 0.353. The molecule has 134 valence electrons. The maximum absolute atomic E-state index is 12.4. The summed E-state index contributed by atoms with van der Waals surface area (Å²) >= 11 is 0. The van der Waals surface area contributed by atoms with Crippen LogP contribution in [0.2, 0.25) is 0 Å². The molecule has 0 aliphatic carbocycles. The third-order valence-electron chi connectivity index (χ3n) is 3.46. The number of ether oxygens (including phenoxy) is 3. The van der Waals surface area contributed by atoms with Crippen molar-refractivity contribution in [1.82, 2.24) is 15.3 Å². The number of carbonyl (C=O) groups excluding carboxylic acids is 1. The molecule has 0 aliphatic rings. The Morgan fingerprint density at radius 3 is 2.40 bits per heavy atom. The van der Waals surface area contributed by atoms with E-state index in [1.807, 2.05) is 6.92 Å². The minimum absolute atomic E-state index is 0.00866. The Kier molecular flexibility index (Phi) is 6.53. The molecule has 1 aromatic carbocycles. The SMILES string of the molecule is CCC(CO)NC(=O)c1ccccc1Oc1nc(OC)cc(OC)n1. The van der Waals surface area contributed by atoms with Crippen LogP contribution in [0.1, 0.15) is 23.7 Å². The summed E-state index contributed by atoms with van der Waals surface area (Å²) in [5.41, 5.74) is 0.305. The molecule has 2 rings (SSSR count). The number of hydrogen-bond acceptors (Lipinski definition) is 7. The Bertz CT molecular complexity index is 697. The number of aromatic nitrogens is 2. The fourth-order valence-corrected chi connectivity index (χ4v) is 2.02. The molecule has 0 aliphatic heterocycles. The van der Waals surface area contributed by atoms with E-state index in [-0.39, 0.29) is 42.1 Å². The van der Waals surface area contributed by atoms with Crippen LogP contribution in [0, 0.1) is 0 Å². The number of rotatable bonds is 8. The zero-order chi connectivity index (χ0) is 18.2. The molecule has 8 nitrogen and oxygen atoms in total. The van der Waals surface area contributed by atoms with Gasteiger partial charge in [0.25, 0.3) is 5.91 Å². The monoisotopic (exact) mass is 347 g/mol. The zero-order valence-electron chi connectivity index (χ0n) is 14.4. The molecular formula is C17H21N3O5. The summed E-state index contributed by atoms with van der Waals surface area (Å²) in [5, 5.41) is 12.0. The fourth-order valence-electron chi connectivity index (χ4n) is 2.02. The Hall–Kier alpha value is -2.87. The van der Waals surface area contributed by atoms with Gasteiger partial charge < -0.3 is 24.6 Å². The van der Waals surface area contributed by atoms with E-state index in [1.165, 1.54) is 20.3 Å². The van der Waals surface area contributed by atoms with Crippen molar-refractivity contribution < 1.29 is 24.1 Å². The molecule has 2 aromatic rings. The van der Waals surface area contributed by atoms with Crippen molar-refractivity contribution in [3.05, 3.63) is 35.9 Å². The average Bonchev–Trinajstić information content (AvgIpc) is 2.65. The van der Waals surface area contributed by atoms with Gasteiger partial charge in [-0.15, -0.1) is 0 Å². The van der Waals surface area contributed by atoms with Gasteiger partial charge in [0, 0.05) is 0 Å². The molecule has 0 spiro atoms. The van der Waals surface area contributed by atoms with Gasteiger partial charge in [0.1, 0.15) is 5.75 Å². The predicted octanol–water partition coefficient (Wildman–Crippen LogP) is 1.79. The summed E-state index contributed by atoms with van der Waals surface area (Å²) in [6.45, 7) is 1.74. The Labute approximate surface area is 145 Å². The van der Waals surface area contributed by atoms with E-state index in [0.29, 0.717) is 12.0 Å². The van der Waals surface area contributed by atoms with Gasteiger partial charge in [-0.3, -0.25) is 4.79 Å². The third-order valence-corrected chi connectivity index (χ3v) is 3.46. The van der Waals surface area contributed by atoms with Crippen LogP contribution in [-0.2, 0) is 0 Å². The number of benzene rings is 1. The van der Waals surface area contributed by atoms with Gasteiger partial charge in [-0.25, -0.2) is 0 Å². The van der Waals surface area contributed by atoms with Crippen LogP contribution in [0.4, 0.5) is 0 Å². The van der Waals surface area contributed by atoms with Gasteiger partial charge in [0.2, 0.25) is 11.8 Å². The first kappa shape index (κ1) is 18.5. The normalized spacial score (nSPS) is 11.5. The Balaban J connectivity index is 2.28. The summed E-state index contributed by atoms with van der Waals surface area (Å²) in [6, 6.07) is 7.87. The Morgan fingerprint density at radius 1 is 1.20 bits per heavy atom. The van der Waals surface area contributed by atoms with E-state index in [4.69, 9.17) is 14.2 Å². The standard InChI is InChI=1S/C17H21N3O5/c1-4-11(10-21)18-16(22)12-7-5-6-8-13(12)25-17-19-14(23-2)9-15(20-17)24-3/h5-9,11,21H,4,10H2,1-3H3,(H,18,22). The van der Waals surface area contributed by atoms with E-state index < -0.39 is 0 Å². The number of nitrogens with one attached hydrogen (secondary N) is 1. The third kappa shape index (κ3) is 4.80. The van der Waals surface area contributed by atoms with Crippen LogP contribution in [0.3, 0.4) is 0 Å². The van der Waals surface area contributed by atoms with Crippen molar-refractivity contribution in [3.63, 3.8) is 0 Å². The number of aliphatic hydroxyl groups is 1. The van der Waals surface area contributed by atoms with E-state index in [9.17, 15) is 9.90 Å². The lowest BCUT2D eigenvalue weighted by atomic mass is 10.1. The summed E-state index contributed by atoms with van der Waals surface area (Å²) < 4.78 is 15.8. The molecule has 0 fully saturated rings. The number of para-hydroxylation sites is 1. The molecule has 0 bridgehead atoms. The lowest BCUT2D eigenvalue weighted by molar-refractivity contribution is 0.0912. The number of aliphatic hydroxyl groups excluding tert-OH is 1. The maximum Gasteiger partial charge on any atom is 0.328 e. The van der Waals surface area contributed by atoms with Crippen LogP contribution in [0.15, 0.2) is 30.3 Å². The largest absolute Gasteiger partial charge is 0.481 e. The van der Waals surface area contributed by atoms with Crippen LogP contribution >= 0.6 is 0 Å². The van der Waals surface area contributed by atoms with Crippen molar-refractivity contribution in [1.29, 1.82) is 0 Å². The Morgan fingerprint density at radius 2 is 1.84 bits per heavy atom. The maximum atomic E-state index is 12.4. The van der Waals surface area contributed by atoms with Crippen molar-refractivity contribution in [2.75, 3.05) is 20.8 Å². The second-order valence-electron chi connectivity index (χ2n) is 5.09. The van der Waals surface area contributed by atoms with E-state index in [1.54, 1.807) is 24.3 Å². The van der Waals surface area contributed by atoms with Crippen LogP contribution in [0.25, 0.3) is 0 Å². The van der Waals surface area contributed by atoms with E-state index >= 15 is 0 Å².